The average Bonchev–Trinajstić information content (AvgIpc) is 3.11. The first kappa shape index (κ1) is 18.7. The van der Waals surface area contributed by atoms with Gasteiger partial charge < -0.3 is 16.0 Å². The highest BCUT2D eigenvalue weighted by atomic mass is 19.1. The molecule has 1 aliphatic rings. The van der Waals surface area contributed by atoms with Crippen LogP contribution in [0.5, 0.6) is 0 Å². The molecule has 0 unspecified atom stereocenters. The Labute approximate surface area is 167 Å². The summed E-state index contributed by atoms with van der Waals surface area (Å²) in [6, 6.07) is 13.2. The molecule has 148 valence electrons. The van der Waals surface area contributed by atoms with E-state index in [1.165, 1.54) is 12.1 Å². The smallest absolute Gasteiger partial charge is 0.248 e. The number of aromatic nitrogens is 3. The van der Waals surface area contributed by atoms with E-state index in [2.05, 4.69) is 15.4 Å². The molecular formula is C21H21FN6O. The molecule has 8 heteroatoms. The van der Waals surface area contributed by atoms with E-state index in [0.29, 0.717) is 28.6 Å². The number of benzene rings is 2. The van der Waals surface area contributed by atoms with Crippen LogP contribution in [0.15, 0.2) is 59.8 Å². The molecule has 7 nitrogen and oxygen atoms in total. The lowest BCUT2D eigenvalue weighted by Crippen LogP contribution is -2.31. The molecule has 2 aromatic carbocycles. The second kappa shape index (κ2) is 7.05. The molecule has 0 saturated carbocycles. The Morgan fingerprint density at radius 3 is 2.38 bits per heavy atom. The molecule has 0 saturated heterocycles. The van der Waals surface area contributed by atoms with E-state index in [-0.39, 0.29) is 5.82 Å². The summed E-state index contributed by atoms with van der Waals surface area (Å²) >= 11 is 0. The van der Waals surface area contributed by atoms with Crippen molar-refractivity contribution in [3.63, 3.8) is 0 Å². The summed E-state index contributed by atoms with van der Waals surface area (Å²) < 4.78 is 15.1. The van der Waals surface area contributed by atoms with E-state index >= 15 is 0 Å². The largest absolute Gasteiger partial charge is 0.378 e. The van der Waals surface area contributed by atoms with Crippen LogP contribution in [0.4, 0.5) is 16.0 Å². The fourth-order valence-electron chi connectivity index (χ4n) is 3.45. The summed E-state index contributed by atoms with van der Waals surface area (Å²) in [7, 11) is 3.94. The molecule has 1 aliphatic heterocycles. The number of halogens is 1. The number of hydrogen-bond acceptors (Lipinski definition) is 5. The van der Waals surface area contributed by atoms with Gasteiger partial charge in [-0.25, -0.2) is 9.07 Å². The van der Waals surface area contributed by atoms with Gasteiger partial charge in [0.1, 0.15) is 11.9 Å². The Hall–Kier alpha value is -3.68. The maximum atomic E-state index is 13.4. The Kier molecular flexibility index (Phi) is 4.54. The zero-order valence-electron chi connectivity index (χ0n) is 16.3. The van der Waals surface area contributed by atoms with Gasteiger partial charge >= 0.3 is 0 Å². The van der Waals surface area contributed by atoms with Crippen molar-refractivity contribution in [1.29, 1.82) is 0 Å². The number of carbonyl (C=O) groups excluding carboxylic acids is 1. The van der Waals surface area contributed by atoms with Crippen LogP contribution in [0.25, 0.3) is 11.4 Å². The summed E-state index contributed by atoms with van der Waals surface area (Å²) in [5.41, 5.74) is 9.22. The van der Waals surface area contributed by atoms with Crippen LogP contribution >= 0.6 is 0 Å². The molecule has 3 aromatic rings. The van der Waals surface area contributed by atoms with Crippen LogP contribution in [0.3, 0.4) is 0 Å². The minimum Gasteiger partial charge on any atom is -0.378 e. The van der Waals surface area contributed by atoms with Gasteiger partial charge in [-0.1, -0.05) is 12.1 Å². The first-order valence-corrected chi connectivity index (χ1v) is 9.12. The van der Waals surface area contributed by atoms with Crippen molar-refractivity contribution in [2.45, 2.75) is 13.0 Å². The molecule has 0 fully saturated rings. The second-order valence-corrected chi connectivity index (χ2v) is 7.13. The molecule has 0 bridgehead atoms. The summed E-state index contributed by atoms with van der Waals surface area (Å²) in [6.07, 6.45) is 0. The van der Waals surface area contributed by atoms with Crippen molar-refractivity contribution in [2.75, 3.05) is 24.3 Å². The minimum atomic E-state index is -0.591. The number of hydrogen-bond donors (Lipinski definition) is 2. The molecule has 0 radical (unpaired) electrons. The number of fused-ring (bicyclic) bond motifs is 1. The van der Waals surface area contributed by atoms with E-state index in [1.807, 2.05) is 43.3 Å². The molecule has 3 N–H and O–H groups in total. The van der Waals surface area contributed by atoms with Gasteiger partial charge in [-0.3, -0.25) is 4.79 Å². The normalized spacial score (nSPS) is 15.7. The van der Waals surface area contributed by atoms with E-state index in [1.54, 1.807) is 23.7 Å². The molecule has 29 heavy (non-hydrogen) atoms. The van der Waals surface area contributed by atoms with E-state index < -0.39 is 11.9 Å². The summed E-state index contributed by atoms with van der Waals surface area (Å²) in [6.45, 7) is 1.76. The van der Waals surface area contributed by atoms with Crippen molar-refractivity contribution in [1.82, 2.24) is 14.8 Å². The second-order valence-electron chi connectivity index (χ2n) is 7.13. The van der Waals surface area contributed by atoms with Crippen molar-refractivity contribution >= 4 is 17.5 Å². The fourth-order valence-corrected chi connectivity index (χ4v) is 3.45. The third-order valence-corrected chi connectivity index (χ3v) is 4.95. The number of carbonyl (C=O) groups is 1. The van der Waals surface area contributed by atoms with Gasteiger partial charge in [0.15, 0.2) is 5.82 Å². The van der Waals surface area contributed by atoms with Gasteiger partial charge in [-0.2, -0.15) is 4.98 Å². The first-order valence-electron chi connectivity index (χ1n) is 9.12. The highest BCUT2D eigenvalue weighted by molar-refractivity contribution is 5.95. The van der Waals surface area contributed by atoms with Crippen LogP contribution in [-0.2, 0) is 4.79 Å². The summed E-state index contributed by atoms with van der Waals surface area (Å²) in [5.74, 6) is 0.0869. The van der Waals surface area contributed by atoms with Crippen LogP contribution in [0, 0.1) is 5.82 Å². The zero-order chi connectivity index (χ0) is 20.7. The minimum absolute atomic E-state index is 0.357. The number of primary amides is 1. The lowest BCUT2D eigenvalue weighted by atomic mass is 9.95. The summed E-state index contributed by atoms with van der Waals surface area (Å²) in [4.78, 5) is 18.8. The predicted octanol–water partition coefficient (Wildman–Crippen LogP) is 2.92. The van der Waals surface area contributed by atoms with Crippen LogP contribution in [0.2, 0.25) is 0 Å². The first-order chi connectivity index (χ1) is 13.8. The molecule has 2 heterocycles. The maximum Gasteiger partial charge on any atom is 0.248 e. The molecule has 1 atom stereocenters. The molecule has 0 spiro atoms. The van der Waals surface area contributed by atoms with Crippen LogP contribution in [-0.4, -0.2) is 34.8 Å². The Balaban J connectivity index is 1.81. The fraction of sp³-hybridized carbons (Fsp3) is 0.190. The van der Waals surface area contributed by atoms with Crippen LogP contribution in [0.1, 0.15) is 18.5 Å². The molecule has 4 rings (SSSR count). The number of nitrogens with zero attached hydrogens (tertiary/aromatic N) is 4. The highest BCUT2D eigenvalue weighted by Gasteiger charge is 2.33. The Bertz CT molecular complexity index is 1100. The third kappa shape index (κ3) is 3.33. The van der Waals surface area contributed by atoms with Crippen molar-refractivity contribution in [2.24, 2.45) is 5.73 Å². The standard InChI is InChI=1S/C21H21FN6O/c1-12-17(19(23)29)18(13-4-8-15(22)9-5-13)28-21(24-12)25-20(26-28)14-6-10-16(11-7-14)27(2)3/h4-11,18H,1-3H3,(H2,23,29)(H,24,25,26)/t18-/m1/s1. The third-order valence-electron chi connectivity index (χ3n) is 4.95. The monoisotopic (exact) mass is 392 g/mol. The predicted molar refractivity (Wildman–Crippen MR) is 110 cm³/mol. The Morgan fingerprint density at radius 1 is 1.14 bits per heavy atom. The van der Waals surface area contributed by atoms with Crippen molar-refractivity contribution < 1.29 is 9.18 Å². The quantitative estimate of drug-likeness (QED) is 0.713. The summed E-state index contributed by atoms with van der Waals surface area (Å²) in [5, 5.41) is 7.74. The number of amides is 1. The number of anilines is 2. The van der Waals surface area contributed by atoms with Crippen molar-refractivity contribution in [3.05, 3.63) is 71.2 Å². The van der Waals surface area contributed by atoms with E-state index in [0.717, 1.165) is 11.3 Å². The number of nitrogens with one attached hydrogen (secondary N) is 1. The van der Waals surface area contributed by atoms with Gasteiger partial charge in [0.25, 0.3) is 0 Å². The van der Waals surface area contributed by atoms with Gasteiger partial charge in [0.2, 0.25) is 11.9 Å². The average molecular weight is 392 g/mol. The lowest BCUT2D eigenvalue weighted by Gasteiger charge is -2.27. The number of allylic oxidation sites excluding steroid dienone is 1. The van der Waals surface area contributed by atoms with E-state index in [9.17, 15) is 9.18 Å². The highest BCUT2D eigenvalue weighted by Crippen LogP contribution is 2.36. The lowest BCUT2D eigenvalue weighted by molar-refractivity contribution is -0.115. The van der Waals surface area contributed by atoms with Gasteiger partial charge in [-0.15, -0.1) is 5.10 Å². The molecule has 0 aliphatic carbocycles. The maximum absolute atomic E-state index is 13.4. The van der Waals surface area contributed by atoms with Gasteiger partial charge in [-0.05, 0) is 48.9 Å². The van der Waals surface area contributed by atoms with Gasteiger partial charge in [0, 0.05) is 31.0 Å². The SMILES string of the molecule is CC1=C(C(N)=O)[C@@H](c2ccc(F)cc2)n2nc(-c3ccc(N(C)C)cc3)nc2N1. The molecule has 1 amide bonds. The topological polar surface area (TPSA) is 89.1 Å². The molecule has 1 aromatic heterocycles. The number of nitrogens with two attached hydrogens (primary N) is 1. The number of rotatable bonds is 4. The van der Waals surface area contributed by atoms with E-state index in [4.69, 9.17) is 5.73 Å². The zero-order valence-corrected chi connectivity index (χ0v) is 16.3. The van der Waals surface area contributed by atoms with Crippen LogP contribution < -0.4 is 16.0 Å². The Morgan fingerprint density at radius 2 is 1.79 bits per heavy atom. The molecular weight excluding hydrogens is 371 g/mol. The van der Waals surface area contributed by atoms with Crippen molar-refractivity contribution in [3.8, 4) is 11.4 Å². The van der Waals surface area contributed by atoms with Gasteiger partial charge in [0.05, 0.1) is 5.57 Å².